The van der Waals surface area contributed by atoms with Crippen LogP contribution < -0.4 is 15.5 Å². The number of fused-ring (bicyclic) bond motifs is 1. The maximum absolute atomic E-state index is 4.92. The molecule has 0 atom stereocenters. The van der Waals surface area contributed by atoms with E-state index in [0.29, 0.717) is 6.04 Å². The van der Waals surface area contributed by atoms with Crippen molar-refractivity contribution < 1.29 is 0 Å². The third-order valence-corrected chi connectivity index (χ3v) is 4.66. The first-order valence-corrected chi connectivity index (χ1v) is 8.81. The van der Waals surface area contributed by atoms with Gasteiger partial charge in [-0.1, -0.05) is 12.1 Å². The molecule has 0 saturated heterocycles. The Morgan fingerprint density at radius 2 is 1.84 bits per heavy atom. The lowest BCUT2D eigenvalue weighted by molar-refractivity contribution is 1.13. The molecule has 4 rings (SSSR count). The van der Waals surface area contributed by atoms with E-state index < -0.39 is 0 Å². The van der Waals surface area contributed by atoms with Crippen LogP contribution in [0.1, 0.15) is 12.8 Å². The SMILES string of the molecule is CNc1cccc(-c2cc(N(C)C)c3cc(NC4CC4)ccc3n2)c1. The van der Waals surface area contributed by atoms with Crippen molar-refractivity contribution in [3.05, 3.63) is 48.5 Å². The summed E-state index contributed by atoms with van der Waals surface area (Å²) >= 11 is 0. The molecule has 2 aromatic carbocycles. The third kappa shape index (κ3) is 3.25. The highest BCUT2D eigenvalue weighted by Crippen LogP contribution is 2.33. The van der Waals surface area contributed by atoms with Crippen LogP contribution >= 0.6 is 0 Å². The molecule has 0 aliphatic heterocycles. The normalized spacial score (nSPS) is 13.7. The summed E-state index contributed by atoms with van der Waals surface area (Å²) in [7, 11) is 6.11. The smallest absolute Gasteiger partial charge is 0.0731 e. The van der Waals surface area contributed by atoms with E-state index in [-0.39, 0.29) is 0 Å². The van der Waals surface area contributed by atoms with Crippen LogP contribution in [0.2, 0.25) is 0 Å². The molecule has 0 spiro atoms. The average Bonchev–Trinajstić information content (AvgIpc) is 3.44. The van der Waals surface area contributed by atoms with Crippen molar-refractivity contribution in [1.82, 2.24) is 4.98 Å². The van der Waals surface area contributed by atoms with E-state index in [1.165, 1.54) is 29.6 Å². The predicted molar refractivity (Wildman–Crippen MR) is 108 cm³/mol. The molecular weight excluding hydrogens is 308 g/mol. The number of nitrogens with one attached hydrogen (secondary N) is 2. The van der Waals surface area contributed by atoms with E-state index in [1.807, 2.05) is 7.05 Å². The second-order valence-corrected chi connectivity index (χ2v) is 6.90. The standard InChI is InChI=1S/C21H24N4/c1-22-16-6-4-5-14(11-16)20-13-21(25(2)3)18-12-17(23-15-7-8-15)9-10-19(18)24-20/h4-6,9-13,15,22-23H,7-8H2,1-3H3. The van der Waals surface area contributed by atoms with Crippen molar-refractivity contribution in [3.8, 4) is 11.3 Å². The van der Waals surface area contributed by atoms with Gasteiger partial charge in [-0.2, -0.15) is 0 Å². The van der Waals surface area contributed by atoms with Gasteiger partial charge in [0.25, 0.3) is 0 Å². The molecule has 1 aromatic heterocycles. The number of hydrogen-bond donors (Lipinski definition) is 2. The first-order valence-electron chi connectivity index (χ1n) is 8.81. The third-order valence-electron chi connectivity index (χ3n) is 4.66. The van der Waals surface area contributed by atoms with Gasteiger partial charge in [-0.15, -0.1) is 0 Å². The molecule has 128 valence electrons. The van der Waals surface area contributed by atoms with Gasteiger partial charge in [-0.05, 0) is 49.2 Å². The fourth-order valence-electron chi connectivity index (χ4n) is 3.11. The Labute approximate surface area is 148 Å². The van der Waals surface area contributed by atoms with Gasteiger partial charge in [-0.25, -0.2) is 4.98 Å². The number of pyridine rings is 1. The van der Waals surface area contributed by atoms with E-state index >= 15 is 0 Å². The van der Waals surface area contributed by atoms with E-state index in [0.717, 1.165) is 22.5 Å². The van der Waals surface area contributed by atoms with Gasteiger partial charge < -0.3 is 15.5 Å². The number of rotatable bonds is 5. The van der Waals surface area contributed by atoms with Crippen molar-refractivity contribution in [3.63, 3.8) is 0 Å². The highest BCUT2D eigenvalue weighted by Gasteiger charge is 2.21. The summed E-state index contributed by atoms with van der Waals surface area (Å²) in [5.74, 6) is 0. The fourth-order valence-corrected chi connectivity index (χ4v) is 3.11. The predicted octanol–water partition coefficient (Wildman–Crippen LogP) is 4.58. The van der Waals surface area contributed by atoms with Crippen LogP contribution in [0.4, 0.5) is 17.1 Å². The molecule has 1 fully saturated rings. The largest absolute Gasteiger partial charge is 0.388 e. The molecule has 0 unspecified atom stereocenters. The molecule has 1 aliphatic rings. The summed E-state index contributed by atoms with van der Waals surface area (Å²) in [5.41, 5.74) is 6.61. The van der Waals surface area contributed by atoms with Gasteiger partial charge in [-0.3, -0.25) is 0 Å². The Hall–Kier alpha value is -2.75. The zero-order valence-corrected chi connectivity index (χ0v) is 15.0. The van der Waals surface area contributed by atoms with E-state index in [9.17, 15) is 0 Å². The summed E-state index contributed by atoms with van der Waals surface area (Å²) in [6, 6.07) is 17.7. The van der Waals surface area contributed by atoms with Crippen molar-refractivity contribution in [2.24, 2.45) is 0 Å². The topological polar surface area (TPSA) is 40.2 Å². The molecule has 0 bridgehead atoms. The fraction of sp³-hybridized carbons (Fsp3) is 0.286. The summed E-state index contributed by atoms with van der Waals surface area (Å²) < 4.78 is 0. The molecule has 25 heavy (non-hydrogen) atoms. The number of aromatic nitrogens is 1. The average molecular weight is 332 g/mol. The van der Waals surface area contributed by atoms with Crippen molar-refractivity contribution in [2.75, 3.05) is 36.7 Å². The number of nitrogens with zero attached hydrogens (tertiary/aromatic N) is 2. The Balaban J connectivity index is 1.83. The molecular formula is C21H24N4. The van der Waals surface area contributed by atoms with Gasteiger partial charge in [0.15, 0.2) is 0 Å². The van der Waals surface area contributed by atoms with E-state index in [2.05, 4.69) is 78.2 Å². The quantitative estimate of drug-likeness (QED) is 0.717. The molecule has 4 heteroatoms. The molecule has 1 aliphatic carbocycles. The maximum Gasteiger partial charge on any atom is 0.0731 e. The summed E-state index contributed by atoms with van der Waals surface area (Å²) in [6.07, 6.45) is 2.55. The molecule has 0 radical (unpaired) electrons. The summed E-state index contributed by atoms with van der Waals surface area (Å²) in [6.45, 7) is 0. The van der Waals surface area contributed by atoms with Gasteiger partial charge in [0, 0.05) is 55.2 Å². The lowest BCUT2D eigenvalue weighted by Gasteiger charge is -2.18. The highest BCUT2D eigenvalue weighted by molar-refractivity contribution is 5.96. The Morgan fingerprint density at radius 1 is 1.00 bits per heavy atom. The van der Waals surface area contributed by atoms with Crippen molar-refractivity contribution in [2.45, 2.75) is 18.9 Å². The van der Waals surface area contributed by atoms with E-state index in [4.69, 9.17) is 4.98 Å². The lowest BCUT2D eigenvalue weighted by atomic mass is 10.1. The molecule has 2 N–H and O–H groups in total. The zero-order chi connectivity index (χ0) is 17.4. The Bertz CT molecular complexity index is 913. The first-order chi connectivity index (χ1) is 12.1. The van der Waals surface area contributed by atoms with Gasteiger partial charge in [0.2, 0.25) is 0 Å². The van der Waals surface area contributed by atoms with Crippen LogP contribution in [0.25, 0.3) is 22.2 Å². The van der Waals surface area contributed by atoms with Gasteiger partial charge in [0.1, 0.15) is 0 Å². The van der Waals surface area contributed by atoms with Gasteiger partial charge >= 0.3 is 0 Å². The number of hydrogen-bond acceptors (Lipinski definition) is 4. The zero-order valence-electron chi connectivity index (χ0n) is 15.0. The van der Waals surface area contributed by atoms with Crippen LogP contribution in [-0.4, -0.2) is 32.2 Å². The Kier molecular flexibility index (Phi) is 3.96. The molecule has 3 aromatic rings. The second kappa shape index (κ2) is 6.28. The summed E-state index contributed by atoms with van der Waals surface area (Å²) in [5, 5.41) is 7.96. The monoisotopic (exact) mass is 332 g/mol. The lowest BCUT2D eigenvalue weighted by Crippen LogP contribution is -2.10. The van der Waals surface area contributed by atoms with Crippen molar-refractivity contribution in [1.29, 1.82) is 0 Å². The Morgan fingerprint density at radius 3 is 2.56 bits per heavy atom. The van der Waals surface area contributed by atoms with Crippen LogP contribution in [0, 0.1) is 0 Å². The van der Waals surface area contributed by atoms with Crippen LogP contribution in [0.15, 0.2) is 48.5 Å². The van der Waals surface area contributed by atoms with Gasteiger partial charge in [0.05, 0.1) is 11.2 Å². The van der Waals surface area contributed by atoms with Crippen molar-refractivity contribution >= 4 is 28.0 Å². The first kappa shape index (κ1) is 15.8. The van der Waals surface area contributed by atoms with Crippen LogP contribution in [0.3, 0.4) is 0 Å². The maximum atomic E-state index is 4.92. The highest BCUT2D eigenvalue weighted by atomic mass is 15.1. The second-order valence-electron chi connectivity index (χ2n) is 6.90. The number of anilines is 3. The molecule has 1 saturated carbocycles. The van der Waals surface area contributed by atoms with Crippen LogP contribution in [-0.2, 0) is 0 Å². The van der Waals surface area contributed by atoms with E-state index in [1.54, 1.807) is 0 Å². The molecule has 1 heterocycles. The minimum absolute atomic E-state index is 0.650. The minimum atomic E-state index is 0.650. The van der Waals surface area contributed by atoms with Crippen LogP contribution in [0.5, 0.6) is 0 Å². The minimum Gasteiger partial charge on any atom is -0.388 e. The molecule has 0 amide bonds. The number of benzene rings is 2. The summed E-state index contributed by atoms with van der Waals surface area (Å²) in [4.78, 5) is 7.08. The molecule has 4 nitrogen and oxygen atoms in total.